The van der Waals surface area contributed by atoms with E-state index in [2.05, 4.69) is 10.3 Å². The van der Waals surface area contributed by atoms with Crippen molar-refractivity contribution in [3.05, 3.63) is 52.6 Å². The van der Waals surface area contributed by atoms with Crippen LogP contribution in [-0.2, 0) is 7.05 Å². The van der Waals surface area contributed by atoms with Gasteiger partial charge in [-0.1, -0.05) is 18.2 Å². The van der Waals surface area contributed by atoms with E-state index in [1.807, 2.05) is 24.3 Å². The maximum atomic E-state index is 12.0. The molecular weight excluding hydrogens is 242 g/mol. The van der Waals surface area contributed by atoms with Crippen molar-refractivity contribution in [1.29, 1.82) is 0 Å². The first-order valence-corrected chi connectivity index (χ1v) is 6.25. The Morgan fingerprint density at radius 1 is 1.42 bits per heavy atom. The highest BCUT2D eigenvalue weighted by molar-refractivity contribution is 5.43. The van der Waals surface area contributed by atoms with Crippen LogP contribution in [0.3, 0.4) is 0 Å². The molecule has 2 aromatic rings. The van der Waals surface area contributed by atoms with Gasteiger partial charge in [-0.3, -0.25) is 4.79 Å². The third-order valence-electron chi connectivity index (χ3n) is 3.29. The van der Waals surface area contributed by atoms with Crippen molar-refractivity contribution in [2.24, 2.45) is 7.05 Å². The van der Waals surface area contributed by atoms with E-state index in [1.54, 1.807) is 19.4 Å². The van der Waals surface area contributed by atoms with Crippen LogP contribution in [0.2, 0.25) is 0 Å². The Balaban J connectivity index is 1.93. The summed E-state index contributed by atoms with van der Waals surface area (Å²) in [7, 11) is 1.72. The molecule has 1 aromatic carbocycles. The van der Waals surface area contributed by atoms with Crippen LogP contribution in [0.25, 0.3) is 0 Å². The number of aryl methyl sites for hydroxylation is 1. The molecule has 1 atom stereocenters. The van der Waals surface area contributed by atoms with E-state index in [1.165, 1.54) is 4.57 Å². The van der Waals surface area contributed by atoms with Crippen molar-refractivity contribution in [2.75, 3.05) is 11.9 Å². The molecule has 1 unspecified atom stereocenters. The van der Waals surface area contributed by atoms with Gasteiger partial charge in [-0.05, 0) is 6.07 Å². The smallest absolute Gasteiger partial charge is 0.293 e. The minimum absolute atomic E-state index is 0.0625. The molecule has 0 bridgehead atoms. The molecule has 0 radical (unpaired) electrons. The second-order valence-electron chi connectivity index (χ2n) is 4.56. The monoisotopic (exact) mass is 257 g/mol. The number of nitrogens with one attached hydrogen (secondary N) is 1. The summed E-state index contributed by atoms with van der Waals surface area (Å²) >= 11 is 0. The number of anilines is 1. The number of hydrogen-bond donors (Lipinski definition) is 1. The van der Waals surface area contributed by atoms with E-state index in [0.29, 0.717) is 12.4 Å². The fraction of sp³-hybridized carbons (Fsp3) is 0.286. The van der Waals surface area contributed by atoms with Gasteiger partial charge >= 0.3 is 0 Å². The zero-order valence-corrected chi connectivity index (χ0v) is 10.7. The topological polar surface area (TPSA) is 56.1 Å². The average molecular weight is 257 g/mol. The Morgan fingerprint density at radius 2 is 2.26 bits per heavy atom. The van der Waals surface area contributed by atoms with Gasteiger partial charge in [-0.2, -0.15) is 0 Å². The van der Waals surface area contributed by atoms with Crippen LogP contribution in [0.5, 0.6) is 5.75 Å². The second-order valence-corrected chi connectivity index (χ2v) is 4.56. The molecule has 1 N–H and O–H groups in total. The van der Waals surface area contributed by atoms with Crippen LogP contribution in [-0.4, -0.2) is 16.2 Å². The van der Waals surface area contributed by atoms with Gasteiger partial charge < -0.3 is 14.6 Å². The molecule has 1 aliphatic heterocycles. The maximum absolute atomic E-state index is 12.0. The predicted octanol–water partition coefficient (Wildman–Crippen LogP) is 1.72. The lowest BCUT2D eigenvalue weighted by Crippen LogP contribution is -2.27. The van der Waals surface area contributed by atoms with Crippen LogP contribution in [0, 0.1) is 0 Å². The zero-order chi connectivity index (χ0) is 13.2. The third-order valence-corrected chi connectivity index (χ3v) is 3.29. The first-order chi connectivity index (χ1) is 9.25. The van der Waals surface area contributed by atoms with Crippen molar-refractivity contribution in [3.63, 3.8) is 0 Å². The lowest BCUT2D eigenvalue weighted by atomic mass is 10.0. The molecule has 1 aromatic heterocycles. The number of benzene rings is 1. The Labute approximate surface area is 110 Å². The number of hydrogen-bond acceptors (Lipinski definition) is 4. The predicted molar refractivity (Wildman–Crippen MR) is 72.4 cm³/mol. The molecule has 1 aliphatic rings. The Bertz CT molecular complexity index is 651. The highest BCUT2D eigenvalue weighted by Gasteiger charge is 2.22. The molecule has 0 aliphatic carbocycles. The normalized spacial score (nSPS) is 17.4. The summed E-state index contributed by atoms with van der Waals surface area (Å²) in [5, 5.41) is 3.22. The summed E-state index contributed by atoms with van der Waals surface area (Å²) in [6.45, 7) is 0.641. The number of para-hydroxylation sites is 1. The van der Waals surface area contributed by atoms with E-state index < -0.39 is 0 Å². The van der Waals surface area contributed by atoms with E-state index in [4.69, 9.17) is 4.74 Å². The fourth-order valence-corrected chi connectivity index (χ4v) is 2.25. The Morgan fingerprint density at radius 3 is 3.16 bits per heavy atom. The third kappa shape index (κ3) is 2.19. The maximum Gasteiger partial charge on any atom is 0.293 e. The summed E-state index contributed by atoms with van der Waals surface area (Å²) in [5.41, 5.74) is 0.952. The molecule has 0 amide bonds. The number of ether oxygens (including phenoxy) is 1. The van der Waals surface area contributed by atoms with Crippen LogP contribution in [0.1, 0.15) is 18.0 Å². The molecule has 2 heterocycles. The fourth-order valence-electron chi connectivity index (χ4n) is 2.25. The first kappa shape index (κ1) is 11.8. The summed E-state index contributed by atoms with van der Waals surface area (Å²) in [6.07, 6.45) is 4.08. The Hall–Kier alpha value is -2.30. The zero-order valence-electron chi connectivity index (χ0n) is 10.7. The van der Waals surface area contributed by atoms with Crippen LogP contribution >= 0.6 is 0 Å². The molecule has 0 fully saturated rings. The van der Waals surface area contributed by atoms with Gasteiger partial charge in [0.25, 0.3) is 5.56 Å². The molecule has 3 rings (SSSR count). The lowest BCUT2D eigenvalue weighted by molar-refractivity contribution is 0.274. The van der Waals surface area contributed by atoms with Gasteiger partial charge in [0.2, 0.25) is 0 Å². The highest BCUT2D eigenvalue weighted by atomic mass is 16.5. The second kappa shape index (κ2) is 4.76. The van der Waals surface area contributed by atoms with Crippen LogP contribution in [0.15, 0.2) is 41.5 Å². The minimum Gasteiger partial charge on any atom is -0.493 e. The van der Waals surface area contributed by atoms with Crippen LogP contribution in [0.4, 0.5) is 5.82 Å². The number of nitrogens with zero attached hydrogens (tertiary/aromatic N) is 2. The number of aromatic nitrogens is 2. The molecule has 5 nitrogen and oxygen atoms in total. The SMILES string of the molecule is Cn1ccnc(NC2CCOc3ccccc32)c1=O. The van der Waals surface area contributed by atoms with Gasteiger partial charge in [-0.15, -0.1) is 0 Å². The van der Waals surface area contributed by atoms with Crippen molar-refractivity contribution in [3.8, 4) is 5.75 Å². The van der Waals surface area contributed by atoms with Crippen molar-refractivity contribution in [1.82, 2.24) is 9.55 Å². The molecule has 19 heavy (non-hydrogen) atoms. The first-order valence-electron chi connectivity index (χ1n) is 6.25. The number of rotatable bonds is 2. The van der Waals surface area contributed by atoms with E-state index >= 15 is 0 Å². The van der Waals surface area contributed by atoms with Gasteiger partial charge in [-0.25, -0.2) is 4.98 Å². The largest absolute Gasteiger partial charge is 0.493 e. The van der Waals surface area contributed by atoms with E-state index in [0.717, 1.165) is 17.7 Å². The molecule has 98 valence electrons. The van der Waals surface area contributed by atoms with Crippen LogP contribution < -0.4 is 15.6 Å². The molecule has 5 heteroatoms. The highest BCUT2D eigenvalue weighted by Crippen LogP contribution is 2.32. The van der Waals surface area contributed by atoms with Crippen molar-refractivity contribution < 1.29 is 4.74 Å². The molecule has 0 saturated carbocycles. The van der Waals surface area contributed by atoms with Gasteiger partial charge in [0, 0.05) is 31.4 Å². The summed E-state index contributed by atoms with van der Waals surface area (Å²) < 4.78 is 7.12. The van der Waals surface area contributed by atoms with Crippen molar-refractivity contribution in [2.45, 2.75) is 12.5 Å². The Kier molecular flexibility index (Phi) is 2.95. The summed E-state index contributed by atoms with van der Waals surface area (Å²) in [5.74, 6) is 1.26. The quantitative estimate of drug-likeness (QED) is 0.890. The standard InChI is InChI=1S/C14H15N3O2/c1-17-8-7-15-13(14(17)18)16-11-6-9-19-12-5-3-2-4-10(11)12/h2-5,7-8,11H,6,9H2,1H3,(H,15,16). The van der Waals surface area contributed by atoms with Gasteiger partial charge in [0.1, 0.15) is 5.75 Å². The van der Waals surface area contributed by atoms with Gasteiger partial charge in [0.05, 0.1) is 12.6 Å². The summed E-state index contributed by atoms with van der Waals surface area (Å²) in [6, 6.07) is 7.94. The minimum atomic E-state index is -0.119. The number of fused-ring (bicyclic) bond motifs is 1. The van der Waals surface area contributed by atoms with Gasteiger partial charge in [0.15, 0.2) is 5.82 Å². The van der Waals surface area contributed by atoms with Crippen molar-refractivity contribution >= 4 is 5.82 Å². The lowest BCUT2D eigenvalue weighted by Gasteiger charge is -2.26. The molecular formula is C14H15N3O2. The molecule has 0 spiro atoms. The average Bonchev–Trinajstić information content (AvgIpc) is 2.44. The summed E-state index contributed by atoms with van der Waals surface area (Å²) in [4.78, 5) is 16.1. The molecule has 0 saturated heterocycles. The van der Waals surface area contributed by atoms with E-state index in [-0.39, 0.29) is 11.6 Å². The van der Waals surface area contributed by atoms with E-state index in [9.17, 15) is 4.79 Å².